The molecule has 3 rings (SSSR count). The van der Waals surface area contributed by atoms with Crippen LogP contribution in [0.3, 0.4) is 0 Å². The average molecular weight is 426 g/mol. The highest BCUT2D eigenvalue weighted by Crippen LogP contribution is 2.24. The van der Waals surface area contributed by atoms with Crippen LogP contribution in [0.5, 0.6) is 0 Å². The lowest BCUT2D eigenvalue weighted by atomic mass is 10.2. The molecule has 148 valence electrons. The number of carbonyl (C=O) groups is 1. The second-order valence-corrected chi connectivity index (χ2v) is 7.27. The summed E-state index contributed by atoms with van der Waals surface area (Å²) in [7, 11) is 3.94. The molecule has 7 heteroatoms. The molecule has 0 aliphatic heterocycles. The Labute approximate surface area is 180 Å². The second-order valence-electron chi connectivity index (χ2n) is 6.43. The van der Waals surface area contributed by atoms with Crippen LogP contribution in [-0.4, -0.2) is 25.1 Å². The number of carbonyl (C=O) groups excluding carboxylic acids is 1. The second kappa shape index (κ2) is 9.41. The van der Waals surface area contributed by atoms with Gasteiger partial charge in [0.1, 0.15) is 11.5 Å². The van der Waals surface area contributed by atoms with Gasteiger partial charge in [0.15, 0.2) is 5.11 Å². The lowest BCUT2D eigenvalue weighted by Crippen LogP contribution is -2.32. The molecule has 1 heterocycles. The van der Waals surface area contributed by atoms with Gasteiger partial charge in [-0.25, -0.2) is 0 Å². The third-order valence-electron chi connectivity index (χ3n) is 4.03. The summed E-state index contributed by atoms with van der Waals surface area (Å²) in [5.41, 5.74) is 2.78. The number of nitrogens with one attached hydrogen (secondary N) is 2. The van der Waals surface area contributed by atoms with Crippen molar-refractivity contribution < 1.29 is 9.21 Å². The van der Waals surface area contributed by atoms with E-state index in [9.17, 15) is 4.79 Å². The minimum Gasteiger partial charge on any atom is -0.457 e. The Morgan fingerprint density at radius 1 is 1.03 bits per heavy atom. The van der Waals surface area contributed by atoms with Crippen LogP contribution in [0.2, 0.25) is 5.02 Å². The number of rotatable bonds is 5. The maximum absolute atomic E-state index is 12.1. The van der Waals surface area contributed by atoms with Crippen LogP contribution in [0.15, 0.2) is 71.2 Å². The van der Waals surface area contributed by atoms with E-state index in [0.717, 1.165) is 16.9 Å². The summed E-state index contributed by atoms with van der Waals surface area (Å²) < 4.78 is 5.73. The topological polar surface area (TPSA) is 57.5 Å². The van der Waals surface area contributed by atoms with Gasteiger partial charge in [0.2, 0.25) is 5.91 Å². The van der Waals surface area contributed by atoms with E-state index in [1.165, 1.54) is 6.08 Å². The molecule has 1 amide bonds. The Bertz CT molecular complexity index is 1020. The Morgan fingerprint density at radius 2 is 1.72 bits per heavy atom. The molecule has 2 aromatic carbocycles. The van der Waals surface area contributed by atoms with Gasteiger partial charge in [-0.2, -0.15) is 0 Å². The van der Waals surface area contributed by atoms with Crippen molar-refractivity contribution in [1.82, 2.24) is 5.32 Å². The van der Waals surface area contributed by atoms with Crippen molar-refractivity contribution in [3.8, 4) is 11.3 Å². The van der Waals surface area contributed by atoms with Crippen LogP contribution in [0, 0.1) is 0 Å². The number of anilines is 2. The van der Waals surface area contributed by atoms with Crippen molar-refractivity contribution in [3.63, 3.8) is 0 Å². The molecule has 0 aliphatic rings. The molecule has 0 radical (unpaired) electrons. The van der Waals surface area contributed by atoms with Crippen LogP contribution in [0.1, 0.15) is 5.76 Å². The largest absolute Gasteiger partial charge is 0.457 e. The molecular formula is C22H20ClN3O2S. The molecule has 3 aromatic rings. The van der Waals surface area contributed by atoms with Crippen LogP contribution in [0.4, 0.5) is 11.4 Å². The van der Waals surface area contributed by atoms with Crippen LogP contribution < -0.4 is 15.5 Å². The van der Waals surface area contributed by atoms with Crippen molar-refractivity contribution in [1.29, 1.82) is 0 Å². The van der Waals surface area contributed by atoms with Gasteiger partial charge in [0, 0.05) is 42.1 Å². The van der Waals surface area contributed by atoms with E-state index >= 15 is 0 Å². The number of halogens is 1. The lowest BCUT2D eigenvalue weighted by molar-refractivity contribution is -0.115. The minimum atomic E-state index is -0.350. The fraction of sp³-hybridized carbons (Fsp3) is 0.0909. The first-order chi connectivity index (χ1) is 13.9. The fourth-order valence-electron chi connectivity index (χ4n) is 2.53. The van der Waals surface area contributed by atoms with Gasteiger partial charge in [-0.3, -0.25) is 10.1 Å². The van der Waals surface area contributed by atoms with E-state index in [4.69, 9.17) is 28.2 Å². The van der Waals surface area contributed by atoms with Gasteiger partial charge < -0.3 is 14.6 Å². The van der Waals surface area contributed by atoms with Crippen molar-refractivity contribution in [2.75, 3.05) is 24.3 Å². The highest BCUT2D eigenvalue weighted by atomic mass is 35.5. The van der Waals surface area contributed by atoms with Crippen LogP contribution in [-0.2, 0) is 4.79 Å². The molecule has 0 saturated carbocycles. The first-order valence-electron chi connectivity index (χ1n) is 8.84. The molecule has 5 nitrogen and oxygen atoms in total. The molecule has 0 atom stereocenters. The summed E-state index contributed by atoms with van der Waals surface area (Å²) in [5.74, 6) is 0.903. The normalized spacial score (nSPS) is 10.7. The summed E-state index contributed by atoms with van der Waals surface area (Å²) in [4.78, 5) is 14.1. The van der Waals surface area contributed by atoms with E-state index in [0.29, 0.717) is 16.5 Å². The standard InChI is InChI=1S/C22H20ClN3O2S/c1-26(2)18-9-7-17(8-10-18)24-22(29)25-21(27)14-12-19-11-13-20(28-19)15-3-5-16(23)6-4-15/h3-14H,1-2H3,(H2,24,25,27,29). The van der Waals surface area contributed by atoms with Gasteiger partial charge in [0.05, 0.1) is 0 Å². The Kier molecular flexibility index (Phi) is 6.69. The number of furan rings is 1. The monoisotopic (exact) mass is 425 g/mol. The molecule has 2 N–H and O–H groups in total. The van der Waals surface area contributed by atoms with E-state index < -0.39 is 0 Å². The first-order valence-corrected chi connectivity index (χ1v) is 9.62. The van der Waals surface area contributed by atoms with Gasteiger partial charge in [-0.1, -0.05) is 11.6 Å². The Morgan fingerprint density at radius 3 is 2.38 bits per heavy atom. The minimum absolute atomic E-state index is 0.221. The molecule has 0 bridgehead atoms. The number of thiocarbonyl (C=S) groups is 1. The fourth-order valence-corrected chi connectivity index (χ4v) is 2.87. The molecule has 0 fully saturated rings. The molecule has 29 heavy (non-hydrogen) atoms. The summed E-state index contributed by atoms with van der Waals surface area (Å²) in [6.45, 7) is 0. The maximum Gasteiger partial charge on any atom is 0.250 e. The number of nitrogens with zero attached hydrogens (tertiary/aromatic N) is 1. The summed E-state index contributed by atoms with van der Waals surface area (Å²) in [5, 5.41) is 6.47. The van der Waals surface area contributed by atoms with Crippen molar-refractivity contribution >= 4 is 52.3 Å². The molecule has 0 unspecified atom stereocenters. The summed E-state index contributed by atoms with van der Waals surface area (Å²) >= 11 is 11.1. The van der Waals surface area contributed by atoms with Gasteiger partial charge in [-0.15, -0.1) is 0 Å². The summed E-state index contributed by atoms with van der Waals surface area (Å²) in [6.07, 6.45) is 2.96. The summed E-state index contributed by atoms with van der Waals surface area (Å²) in [6, 6.07) is 18.7. The highest BCUT2D eigenvalue weighted by Gasteiger charge is 2.05. The van der Waals surface area contributed by atoms with Gasteiger partial charge in [0.25, 0.3) is 0 Å². The Hall–Kier alpha value is -3.09. The predicted molar refractivity (Wildman–Crippen MR) is 123 cm³/mol. The SMILES string of the molecule is CN(C)c1ccc(NC(=S)NC(=O)C=Cc2ccc(-c3ccc(Cl)cc3)o2)cc1. The average Bonchev–Trinajstić information content (AvgIpc) is 3.16. The van der Waals surface area contributed by atoms with Crippen LogP contribution in [0.25, 0.3) is 17.4 Å². The van der Waals surface area contributed by atoms with Crippen molar-refractivity contribution in [2.24, 2.45) is 0 Å². The molecule has 0 aliphatic carbocycles. The smallest absolute Gasteiger partial charge is 0.250 e. The van der Waals surface area contributed by atoms with Gasteiger partial charge >= 0.3 is 0 Å². The third kappa shape index (κ3) is 5.94. The highest BCUT2D eigenvalue weighted by molar-refractivity contribution is 7.80. The molecular weight excluding hydrogens is 406 g/mol. The van der Waals surface area contributed by atoms with E-state index in [-0.39, 0.29) is 11.0 Å². The van der Waals surface area contributed by atoms with Crippen LogP contribution >= 0.6 is 23.8 Å². The zero-order valence-corrected chi connectivity index (χ0v) is 17.6. The number of hydrogen-bond acceptors (Lipinski definition) is 4. The maximum atomic E-state index is 12.1. The molecule has 0 spiro atoms. The van der Waals surface area contributed by atoms with Crippen molar-refractivity contribution in [3.05, 3.63) is 77.5 Å². The predicted octanol–water partition coefficient (Wildman–Crippen LogP) is 5.19. The first kappa shape index (κ1) is 20.6. The quantitative estimate of drug-likeness (QED) is 0.435. The van der Waals surface area contributed by atoms with E-state index in [1.807, 2.05) is 61.5 Å². The molecule has 0 saturated heterocycles. The number of benzene rings is 2. The third-order valence-corrected chi connectivity index (χ3v) is 4.49. The van der Waals surface area contributed by atoms with Crippen molar-refractivity contribution in [2.45, 2.75) is 0 Å². The molecule has 1 aromatic heterocycles. The zero-order valence-electron chi connectivity index (χ0n) is 16.0. The lowest BCUT2D eigenvalue weighted by Gasteiger charge is -2.13. The zero-order chi connectivity index (χ0) is 20.8. The van der Waals surface area contributed by atoms with E-state index in [2.05, 4.69) is 10.6 Å². The van der Waals surface area contributed by atoms with Gasteiger partial charge in [-0.05, 0) is 79.0 Å². The number of hydrogen-bond donors (Lipinski definition) is 2. The Balaban J connectivity index is 1.54. The number of amides is 1. The van der Waals surface area contributed by atoms with E-state index in [1.54, 1.807) is 24.3 Å².